The number of nitriles is 1. The Morgan fingerprint density at radius 2 is 1.76 bits per heavy atom. The van der Waals surface area contributed by atoms with Crippen LogP contribution in [0.15, 0.2) is 60.4 Å². The summed E-state index contributed by atoms with van der Waals surface area (Å²) >= 11 is 0. The molecule has 25 heavy (non-hydrogen) atoms. The molecule has 0 atom stereocenters. The molecule has 0 aliphatic heterocycles. The quantitative estimate of drug-likeness (QED) is 0.211. The SMILES string of the molecule is Cc1ccc(C(=O)/C(=C/C(=C=[N-])C#N)[n+]2ccc(N(C)C)cc2)cc1. The topological polar surface area (TPSA) is 70.3 Å². The van der Waals surface area contributed by atoms with Gasteiger partial charge in [-0.25, -0.2) is 0 Å². The number of hydrogen-bond donors (Lipinski definition) is 0. The lowest BCUT2D eigenvalue weighted by molar-refractivity contribution is -0.576. The minimum Gasteiger partial charge on any atom is -0.762 e. The van der Waals surface area contributed by atoms with Gasteiger partial charge in [-0.15, -0.1) is 0 Å². The fraction of sp³-hybridized carbons (Fsp3) is 0.150. The number of benzene rings is 1. The van der Waals surface area contributed by atoms with Gasteiger partial charge in [0.05, 0.1) is 5.57 Å². The molecule has 0 saturated heterocycles. The number of ketones is 1. The van der Waals surface area contributed by atoms with E-state index in [-0.39, 0.29) is 17.1 Å². The molecule has 0 fully saturated rings. The maximum Gasteiger partial charge on any atom is 0.260 e. The van der Waals surface area contributed by atoms with Crippen molar-refractivity contribution in [3.63, 3.8) is 0 Å². The van der Waals surface area contributed by atoms with Crippen molar-refractivity contribution >= 4 is 23.0 Å². The number of aryl methyl sites for hydroxylation is 1. The fourth-order valence-electron chi connectivity index (χ4n) is 2.21. The molecule has 0 radical (unpaired) electrons. The first-order chi connectivity index (χ1) is 12.0. The third-order valence-electron chi connectivity index (χ3n) is 3.67. The molecule has 0 saturated carbocycles. The Morgan fingerprint density at radius 1 is 1.16 bits per heavy atom. The van der Waals surface area contributed by atoms with Crippen LogP contribution in [-0.2, 0) is 0 Å². The largest absolute Gasteiger partial charge is 0.762 e. The first-order valence-corrected chi connectivity index (χ1v) is 7.65. The zero-order valence-corrected chi connectivity index (χ0v) is 14.4. The highest BCUT2D eigenvalue weighted by molar-refractivity contribution is 6.22. The zero-order valence-electron chi connectivity index (χ0n) is 14.4. The van der Waals surface area contributed by atoms with Crippen LogP contribution in [0.2, 0.25) is 0 Å². The standard InChI is InChI=1S/C20H18N4O/c1-15-4-6-17(7-5-15)20(25)19(12-16(13-21)14-22)24-10-8-18(9-11-24)23(2)3/h4-12H,1-3H3/b19-12-. The lowest BCUT2D eigenvalue weighted by Gasteiger charge is -2.10. The van der Waals surface area contributed by atoms with E-state index in [2.05, 4.69) is 0 Å². The van der Waals surface area contributed by atoms with Crippen LogP contribution in [-0.4, -0.2) is 25.7 Å². The van der Waals surface area contributed by atoms with Gasteiger partial charge < -0.3 is 10.3 Å². The van der Waals surface area contributed by atoms with Gasteiger partial charge >= 0.3 is 0 Å². The molecule has 0 amide bonds. The number of nitrogens with zero attached hydrogens (tertiary/aromatic N) is 4. The van der Waals surface area contributed by atoms with Gasteiger partial charge in [-0.3, -0.25) is 10.7 Å². The Labute approximate surface area is 147 Å². The summed E-state index contributed by atoms with van der Waals surface area (Å²) in [4.78, 5) is 14.9. The maximum atomic E-state index is 12.9. The van der Waals surface area contributed by atoms with Crippen LogP contribution < -0.4 is 9.47 Å². The van der Waals surface area contributed by atoms with Gasteiger partial charge in [0.1, 0.15) is 6.07 Å². The highest BCUT2D eigenvalue weighted by Gasteiger charge is 2.22. The predicted molar refractivity (Wildman–Crippen MR) is 98.2 cm³/mol. The van der Waals surface area contributed by atoms with Crippen molar-refractivity contribution in [1.82, 2.24) is 0 Å². The molecule has 124 valence electrons. The predicted octanol–water partition coefficient (Wildman–Crippen LogP) is 2.76. The van der Waals surface area contributed by atoms with Crippen molar-refractivity contribution < 1.29 is 9.36 Å². The molecule has 5 heteroatoms. The van der Waals surface area contributed by atoms with E-state index in [0.29, 0.717) is 5.56 Å². The monoisotopic (exact) mass is 330 g/mol. The molecule has 0 spiro atoms. The molecule has 0 aliphatic rings. The van der Waals surface area contributed by atoms with Gasteiger partial charge in [0, 0.05) is 43.6 Å². The molecule has 1 aromatic carbocycles. The summed E-state index contributed by atoms with van der Waals surface area (Å²) in [6.07, 6.45) is 4.79. The number of allylic oxidation sites excluding steroid dienone is 3. The van der Waals surface area contributed by atoms with Gasteiger partial charge in [-0.05, 0) is 6.92 Å². The Kier molecular flexibility index (Phi) is 5.62. The van der Waals surface area contributed by atoms with Crippen molar-refractivity contribution in [3.05, 3.63) is 77.0 Å². The summed E-state index contributed by atoms with van der Waals surface area (Å²) in [5.74, 6) is 1.54. The Morgan fingerprint density at radius 3 is 2.24 bits per heavy atom. The number of aromatic nitrogens is 1. The Balaban J connectivity index is 2.54. The molecule has 1 aromatic heterocycles. The minimum atomic E-state index is -0.259. The van der Waals surface area contributed by atoms with Crippen LogP contribution in [0.5, 0.6) is 0 Å². The molecule has 0 aliphatic carbocycles. The van der Waals surface area contributed by atoms with E-state index >= 15 is 0 Å². The van der Waals surface area contributed by atoms with Crippen molar-refractivity contribution in [1.29, 1.82) is 5.26 Å². The highest BCUT2D eigenvalue weighted by Crippen LogP contribution is 2.13. The van der Waals surface area contributed by atoms with Crippen LogP contribution in [0.4, 0.5) is 5.69 Å². The molecule has 2 aromatic rings. The number of pyridine rings is 1. The number of hydrogen-bond acceptors (Lipinski definition) is 3. The number of anilines is 1. The summed E-state index contributed by atoms with van der Waals surface area (Å²) in [5, 5.41) is 18.1. The molecule has 2 rings (SSSR count). The third kappa shape index (κ3) is 4.29. The summed E-state index contributed by atoms with van der Waals surface area (Å²) < 4.78 is 1.61. The van der Waals surface area contributed by atoms with Crippen molar-refractivity contribution in [3.8, 4) is 6.07 Å². The lowest BCUT2D eigenvalue weighted by atomic mass is 10.0. The van der Waals surface area contributed by atoms with Crippen LogP contribution in [0.3, 0.4) is 0 Å². The van der Waals surface area contributed by atoms with E-state index in [1.54, 1.807) is 41.0 Å². The van der Waals surface area contributed by atoms with Crippen LogP contribution in [0, 0.1) is 18.3 Å². The van der Waals surface area contributed by atoms with Crippen LogP contribution in [0.25, 0.3) is 11.1 Å². The van der Waals surface area contributed by atoms with E-state index in [4.69, 9.17) is 10.7 Å². The first kappa shape index (κ1) is 17.9. The Hall–Kier alpha value is -3.48. The zero-order chi connectivity index (χ0) is 18.4. The maximum absolute atomic E-state index is 12.9. The summed E-state index contributed by atoms with van der Waals surface area (Å²) in [6.45, 7) is 1.94. The first-order valence-electron chi connectivity index (χ1n) is 7.65. The number of rotatable bonds is 5. The minimum absolute atomic E-state index is 0.125. The van der Waals surface area contributed by atoms with E-state index in [1.807, 2.05) is 50.2 Å². The highest BCUT2D eigenvalue weighted by atomic mass is 16.1. The molecule has 0 unspecified atom stereocenters. The van der Waals surface area contributed by atoms with E-state index in [1.165, 1.54) is 6.08 Å². The molecule has 1 heterocycles. The summed E-state index contributed by atoms with van der Waals surface area (Å²) in [7, 11) is 3.84. The second-order valence-electron chi connectivity index (χ2n) is 5.72. The van der Waals surface area contributed by atoms with E-state index < -0.39 is 0 Å². The number of Topliss-reactive ketones (excluding diaryl/α,β-unsaturated/α-hetero) is 1. The van der Waals surface area contributed by atoms with Gasteiger partial charge in [0.2, 0.25) is 0 Å². The van der Waals surface area contributed by atoms with Crippen molar-refractivity contribution in [2.75, 3.05) is 19.0 Å². The normalized spacial score (nSPS) is 10.6. The van der Waals surface area contributed by atoms with Gasteiger partial charge in [-0.2, -0.15) is 9.83 Å². The average molecular weight is 330 g/mol. The fourth-order valence-corrected chi connectivity index (χ4v) is 2.21. The van der Waals surface area contributed by atoms with Crippen LogP contribution in [0.1, 0.15) is 15.9 Å². The molecule has 0 N–H and O–H groups in total. The molecular formula is C20H18N4O. The molecule has 0 bridgehead atoms. The van der Waals surface area contributed by atoms with Gasteiger partial charge in [0.25, 0.3) is 11.5 Å². The summed E-state index contributed by atoms with van der Waals surface area (Å²) in [6, 6.07) is 12.7. The van der Waals surface area contributed by atoms with E-state index in [9.17, 15) is 4.79 Å². The second-order valence-corrected chi connectivity index (χ2v) is 5.72. The third-order valence-corrected chi connectivity index (χ3v) is 3.67. The smallest absolute Gasteiger partial charge is 0.260 e. The van der Waals surface area contributed by atoms with Crippen molar-refractivity contribution in [2.45, 2.75) is 6.92 Å². The number of carbonyl (C=O) groups is 1. The lowest BCUT2D eigenvalue weighted by Crippen LogP contribution is -2.36. The van der Waals surface area contributed by atoms with E-state index in [0.717, 1.165) is 11.3 Å². The molecular weight excluding hydrogens is 312 g/mol. The van der Waals surface area contributed by atoms with Gasteiger partial charge in [0.15, 0.2) is 12.4 Å². The Bertz CT molecular complexity index is 894. The average Bonchev–Trinajstić information content (AvgIpc) is 2.63. The second kappa shape index (κ2) is 7.87. The van der Waals surface area contributed by atoms with Crippen molar-refractivity contribution in [2.24, 2.45) is 0 Å². The summed E-state index contributed by atoms with van der Waals surface area (Å²) in [5.41, 5.74) is 2.64. The number of carbonyl (C=O) groups excluding carboxylic acids is 1. The van der Waals surface area contributed by atoms with Crippen LogP contribution >= 0.6 is 0 Å². The molecule has 5 nitrogen and oxygen atoms in total. The van der Waals surface area contributed by atoms with Gasteiger partial charge in [-0.1, -0.05) is 29.8 Å².